The van der Waals surface area contributed by atoms with Gasteiger partial charge in [-0.1, -0.05) is 6.07 Å². The van der Waals surface area contributed by atoms with Crippen molar-refractivity contribution in [2.24, 2.45) is 0 Å². The van der Waals surface area contributed by atoms with Crippen molar-refractivity contribution in [1.82, 2.24) is 5.32 Å². The highest BCUT2D eigenvalue weighted by Crippen LogP contribution is 2.13. The lowest BCUT2D eigenvalue weighted by atomic mass is 10.2. The molecule has 0 saturated heterocycles. The molecule has 2 amide bonds. The van der Waals surface area contributed by atoms with Crippen LogP contribution >= 0.6 is 0 Å². The number of carbonyl (C=O) groups excluding carboxylic acids is 3. The van der Waals surface area contributed by atoms with Crippen molar-refractivity contribution in [1.29, 1.82) is 0 Å². The Labute approximate surface area is 139 Å². The van der Waals surface area contributed by atoms with Crippen LogP contribution in [0.5, 0.6) is 5.75 Å². The van der Waals surface area contributed by atoms with E-state index in [4.69, 9.17) is 4.74 Å². The standard InChI is InChI=1S/C18H18N2O4/c1-2-19-18(23)14-4-3-5-15(10-14)20-17(22)12-24-16-8-6-13(11-21)7-9-16/h3-11H,2,12H2,1H3,(H,19,23)(H,20,22). The fraction of sp³-hybridized carbons (Fsp3) is 0.167. The number of rotatable bonds is 7. The van der Waals surface area contributed by atoms with Crippen LogP contribution < -0.4 is 15.4 Å². The Kier molecular flexibility index (Phi) is 6.08. The van der Waals surface area contributed by atoms with Crippen LogP contribution in [0.3, 0.4) is 0 Å². The molecule has 0 heterocycles. The molecule has 2 aromatic carbocycles. The molecule has 2 N–H and O–H groups in total. The highest BCUT2D eigenvalue weighted by atomic mass is 16.5. The molecule has 0 atom stereocenters. The minimum absolute atomic E-state index is 0.175. The predicted octanol–water partition coefficient (Wildman–Crippen LogP) is 2.27. The van der Waals surface area contributed by atoms with E-state index in [0.717, 1.165) is 6.29 Å². The van der Waals surface area contributed by atoms with E-state index >= 15 is 0 Å². The molecule has 0 aliphatic rings. The summed E-state index contributed by atoms with van der Waals surface area (Å²) in [5.41, 5.74) is 1.53. The van der Waals surface area contributed by atoms with Gasteiger partial charge in [-0.25, -0.2) is 0 Å². The Balaban J connectivity index is 1.90. The summed E-state index contributed by atoms with van der Waals surface area (Å²) in [6, 6.07) is 13.1. The van der Waals surface area contributed by atoms with Gasteiger partial charge in [-0.05, 0) is 49.4 Å². The molecule has 0 unspecified atom stereocenters. The third kappa shape index (κ3) is 4.95. The van der Waals surface area contributed by atoms with E-state index in [2.05, 4.69) is 10.6 Å². The molecule has 124 valence electrons. The quantitative estimate of drug-likeness (QED) is 0.765. The number of anilines is 1. The second kappa shape index (κ2) is 8.47. The van der Waals surface area contributed by atoms with E-state index in [1.165, 1.54) is 0 Å². The molecule has 0 bridgehead atoms. The summed E-state index contributed by atoms with van der Waals surface area (Å²) in [5.74, 6) is -0.0468. The molecule has 0 aromatic heterocycles. The van der Waals surface area contributed by atoms with E-state index in [9.17, 15) is 14.4 Å². The zero-order chi connectivity index (χ0) is 17.4. The summed E-state index contributed by atoms with van der Waals surface area (Å²) in [4.78, 5) is 34.3. The third-order valence-corrected chi connectivity index (χ3v) is 3.13. The number of aldehydes is 1. The van der Waals surface area contributed by atoms with Crippen molar-refractivity contribution in [3.63, 3.8) is 0 Å². The number of amides is 2. The van der Waals surface area contributed by atoms with E-state index in [0.29, 0.717) is 29.1 Å². The van der Waals surface area contributed by atoms with Gasteiger partial charge in [0.15, 0.2) is 6.61 Å². The normalized spacial score (nSPS) is 9.88. The Hall–Kier alpha value is -3.15. The van der Waals surface area contributed by atoms with Crippen molar-refractivity contribution in [3.05, 3.63) is 59.7 Å². The van der Waals surface area contributed by atoms with Crippen LogP contribution in [0.25, 0.3) is 0 Å². The van der Waals surface area contributed by atoms with Gasteiger partial charge in [-0.3, -0.25) is 14.4 Å². The Morgan fingerprint density at radius 3 is 2.54 bits per heavy atom. The molecule has 24 heavy (non-hydrogen) atoms. The monoisotopic (exact) mass is 326 g/mol. The molecule has 0 fully saturated rings. The van der Waals surface area contributed by atoms with Crippen molar-refractivity contribution in [2.75, 3.05) is 18.5 Å². The summed E-state index contributed by atoms with van der Waals surface area (Å²) in [6.45, 7) is 2.19. The molecule has 6 heteroatoms. The molecular weight excluding hydrogens is 308 g/mol. The van der Waals surface area contributed by atoms with Crippen molar-refractivity contribution < 1.29 is 19.1 Å². The smallest absolute Gasteiger partial charge is 0.262 e. The second-order valence-corrected chi connectivity index (χ2v) is 4.96. The lowest BCUT2D eigenvalue weighted by Crippen LogP contribution is -2.23. The topological polar surface area (TPSA) is 84.5 Å². The van der Waals surface area contributed by atoms with Gasteiger partial charge in [0.1, 0.15) is 12.0 Å². The first-order chi connectivity index (χ1) is 11.6. The fourth-order valence-electron chi connectivity index (χ4n) is 1.99. The van der Waals surface area contributed by atoms with Gasteiger partial charge in [0.2, 0.25) is 0 Å². The van der Waals surface area contributed by atoms with Gasteiger partial charge in [0.05, 0.1) is 0 Å². The average molecular weight is 326 g/mol. The Bertz CT molecular complexity index is 726. The van der Waals surface area contributed by atoms with Crippen molar-refractivity contribution >= 4 is 23.8 Å². The van der Waals surface area contributed by atoms with Crippen LogP contribution in [0.1, 0.15) is 27.6 Å². The number of hydrogen-bond acceptors (Lipinski definition) is 4. The first kappa shape index (κ1) is 17.2. The third-order valence-electron chi connectivity index (χ3n) is 3.13. The van der Waals surface area contributed by atoms with Gasteiger partial charge < -0.3 is 15.4 Å². The lowest BCUT2D eigenvalue weighted by molar-refractivity contribution is -0.118. The number of nitrogens with one attached hydrogen (secondary N) is 2. The predicted molar refractivity (Wildman–Crippen MR) is 90.4 cm³/mol. The lowest BCUT2D eigenvalue weighted by Gasteiger charge is -2.09. The summed E-state index contributed by atoms with van der Waals surface area (Å²) in [6.07, 6.45) is 0.734. The molecule has 0 radical (unpaired) electrons. The largest absolute Gasteiger partial charge is 0.484 e. The molecule has 0 aliphatic heterocycles. The molecule has 0 saturated carbocycles. The van der Waals surface area contributed by atoms with E-state index in [1.807, 2.05) is 6.92 Å². The zero-order valence-corrected chi connectivity index (χ0v) is 13.2. The summed E-state index contributed by atoms with van der Waals surface area (Å²) < 4.78 is 5.35. The van der Waals surface area contributed by atoms with Crippen LogP contribution in [0.15, 0.2) is 48.5 Å². The van der Waals surface area contributed by atoms with Crippen LogP contribution in [-0.4, -0.2) is 31.3 Å². The van der Waals surface area contributed by atoms with E-state index in [-0.39, 0.29) is 18.4 Å². The van der Waals surface area contributed by atoms with Gasteiger partial charge in [-0.2, -0.15) is 0 Å². The Morgan fingerprint density at radius 1 is 1.12 bits per heavy atom. The first-order valence-electron chi connectivity index (χ1n) is 7.48. The molecule has 6 nitrogen and oxygen atoms in total. The van der Waals surface area contributed by atoms with Crippen LogP contribution in [-0.2, 0) is 4.79 Å². The average Bonchev–Trinajstić information content (AvgIpc) is 2.61. The van der Waals surface area contributed by atoms with E-state index in [1.54, 1.807) is 48.5 Å². The zero-order valence-electron chi connectivity index (χ0n) is 13.2. The van der Waals surface area contributed by atoms with Crippen molar-refractivity contribution in [2.45, 2.75) is 6.92 Å². The molecule has 2 rings (SSSR count). The molecule has 2 aromatic rings. The fourth-order valence-corrected chi connectivity index (χ4v) is 1.99. The highest BCUT2D eigenvalue weighted by molar-refractivity contribution is 5.97. The number of benzene rings is 2. The van der Waals surface area contributed by atoms with Crippen LogP contribution in [0.2, 0.25) is 0 Å². The summed E-state index contributed by atoms with van der Waals surface area (Å²) in [5, 5.41) is 5.37. The summed E-state index contributed by atoms with van der Waals surface area (Å²) in [7, 11) is 0. The summed E-state index contributed by atoms with van der Waals surface area (Å²) >= 11 is 0. The first-order valence-corrected chi connectivity index (χ1v) is 7.48. The van der Waals surface area contributed by atoms with Crippen LogP contribution in [0.4, 0.5) is 5.69 Å². The maximum atomic E-state index is 11.9. The Morgan fingerprint density at radius 2 is 1.88 bits per heavy atom. The van der Waals surface area contributed by atoms with Gasteiger partial charge in [0, 0.05) is 23.4 Å². The maximum absolute atomic E-state index is 11.9. The van der Waals surface area contributed by atoms with Gasteiger partial charge in [-0.15, -0.1) is 0 Å². The van der Waals surface area contributed by atoms with Crippen LogP contribution in [0, 0.1) is 0 Å². The number of carbonyl (C=O) groups is 3. The minimum Gasteiger partial charge on any atom is -0.484 e. The van der Waals surface area contributed by atoms with Gasteiger partial charge >= 0.3 is 0 Å². The SMILES string of the molecule is CCNC(=O)c1cccc(NC(=O)COc2ccc(C=O)cc2)c1. The molecule has 0 spiro atoms. The van der Waals surface area contributed by atoms with Crippen molar-refractivity contribution in [3.8, 4) is 5.75 Å². The number of ether oxygens (including phenoxy) is 1. The minimum atomic E-state index is -0.345. The highest BCUT2D eigenvalue weighted by Gasteiger charge is 2.08. The molecule has 0 aliphatic carbocycles. The van der Waals surface area contributed by atoms with Gasteiger partial charge in [0.25, 0.3) is 11.8 Å². The van der Waals surface area contributed by atoms with E-state index < -0.39 is 0 Å². The molecular formula is C18H18N2O4. The number of hydrogen-bond donors (Lipinski definition) is 2. The maximum Gasteiger partial charge on any atom is 0.262 e. The second-order valence-electron chi connectivity index (χ2n) is 4.96.